The molecule has 0 aliphatic carbocycles. The van der Waals surface area contributed by atoms with Crippen LogP contribution in [0, 0.1) is 12.3 Å². The average Bonchev–Trinajstić information content (AvgIpc) is 3.20. The molecular weight excluding hydrogens is 374 g/mol. The Labute approximate surface area is 171 Å². The van der Waals surface area contributed by atoms with Crippen molar-refractivity contribution < 1.29 is 9.59 Å². The van der Waals surface area contributed by atoms with E-state index in [4.69, 9.17) is 11.6 Å². The maximum atomic E-state index is 12.7. The first kappa shape index (κ1) is 20.2. The Kier molecular flexibility index (Phi) is 5.94. The normalized spacial score (nSPS) is 14.1. The van der Waals surface area contributed by atoms with E-state index in [1.54, 1.807) is 26.0 Å². The van der Waals surface area contributed by atoms with Crippen molar-refractivity contribution in [1.82, 2.24) is 0 Å². The van der Waals surface area contributed by atoms with E-state index in [1.165, 1.54) is 12.8 Å². The number of aryl methyl sites for hydroxylation is 1. The van der Waals surface area contributed by atoms with Crippen molar-refractivity contribution in [1.29, 1.82) is 0 Å². The summed E-state index contributed by atoms with van der Waals surface area (Å²) >= 11 is 6.11. The van der Waals surface area contributed by atoms with Gasteiger partial charge in [0.25, 0.3) is 0 Å². The van der Waals surface area contributed by atoms with Crippen LogP contribution in [0.15, 0.2) is 42.5 Å². The van der Waals surface area contributed by atoms with Crippen molar-refractivity contribution in [2.45, 2.75) is 33.6 Å². The fourth-order valence-electron chi connectivity index (χ4n) is 3.08. The Hall–Kier alpha value is -2.53. The standard InChI is InChI=1S/C22H26ClN3O2/c1-15-6-7-17(14-19(15)23)25-21(28)22(2,3)20(27)24-16-8-10-18(11-9-16)26-12-4-5-13-26/h6-11,14H,4-5,12-13H2,1-3H3,(H,24,27)(H,25,28). The first-order chi connectivity index (χ1) is 13.3. The minimum absolute atomic E-state index is 0.364. The number of anilines is 3. The molecule has 28 heavy (non-hydrogen) atoms. The summed E-state index contributed by atoms with van der Waals surface area (Å²) < 4.78 is 0. The maximum Gasteiger partial charge on any atom is 0.239 e. The van der Waals surface area contributed by atoms with Gasteiger partial charge in [0.15, 0.2) is 0 Å². The Morgan fingerprint density at radius 1 is 0.929 bits per heavy atom. The zero-order chi connectivity index (χ0) is 20.3. The molecule has 0 spiro atoms. The lowest BCUT2D eigenvalue weighted by molar-refractivity contribution is -0.135. The van der Waals surface area contributed by atoms with Gasteiger partial charge >= 0.3 is 0 Å². The number of hydrogen-bond donors (Lipinski definition) is 2. The zero-order valence-electron chi connectivity index (χ0n) is 16.5. The highest BCUT2D eigenvalue weighted by atomic mass is 35.5. The van der Waals surface area contributed by atoms with Crippen LogP contribution in [0.1, 0.15) is 32.3 Å². The van der Waals surface area contributed by atoms with E-state index in [0.29, 0.717) is 16.4 Å². The highest BCUT2D eigenvalue weighted by Gasteiger charge is 2.36. The Balaban J connectivity index is 1.64. The molecule has 2 aromatic carbocycles. The summed E-state index contributed by atoms with van der Waals surface area (Å²) in [5.41, 5.74) is 2.08. The van der Waals surface area contributed by atoms with E-state index < -0.39 is 11.3 Å². The van der Waals surface area contributed by atoms with Gasteiger partial charge in [-0.3, -0.25) is 9.59 Å². The fourth-order valence-corrected chi connectivity index (χ4v) is 3.26. The Bertz CT molecular complexity index is 872. The highest BCUT2D eigenvalue weighted by Crippen LogP contribution is 2.26. The molecule has 1 fully saturated rings. The summed E-state index contributed by atoms with van der Waals surface area (Å²) in [6.45, 7) is 7.24. The molecule has 5 nitrogen and oxygen atoms in total. The molecule has 6 heteroatoms. The number of hydrogen-bond acceptors (Lipinski definition) is 3. The summed E-state index contributed by atoms with van der Waals surface area (Å²) in [6, 6.07) is 13.0. The molecular formula is C22H26ClN3O2. The van der Waals surface area contributed by atoms with E-state index in [1.807, 2.05) is 37.3 Å². The minimum atomic E-state index is -1.25. The van der Waals surface area contributed by atoms with Crippen molar-refractivity contribution in [3.05, 3.63) is 53.1 Å². The third kappa shape index (κ3) is 4.47. The second kappa shape index (κ2) is 8.23. The van der Waals surface area contributed by atoms with Crippen LogP contribution in [0.5, 0.6) is 0 Å². The van der Waals surface area contributed by atoms with Crippen molar-refractivity contribution >= 4 is 40.5 Å². The molecule has 2 N–H and O–H groups in total. The summed E-state index contributed by atoms with van der Waals surface area (Å²) in [5, 5.41) is 6.18. The SMILES string of the molecule is Cc1ccc(NC(=O)C(C)(C)C(=O)Nc2ccc(N3CCCC3)cc2)cc1Cl. The predicted molar refractivity (Wildman–Crippen MR) is 115 cm³/mol. The van der Waals surface area contributed by atoms with Gasteiger partial charge in [-0.25, -0.2) is 0 Å². The lowest BCUT2D eigenvalue weighted by Gasteiger charge is -2.23. The number of amides is 2. The number of nitrogens with one attached hydrogen (secondary N) is 2. The number of carbonyl (C=O) groups is 2. The summed E-state index contributed by atoms with van der Waals surface area (Å²) in [5.74, 6) is -0.754. The van der Waals surface area contributed by atoms with Gasteiger partial charge < -0.3 is 15.5 Å². The smallest absolute Gasteiger partial charge is 0.239 e. The highest BCUT2D eigenvalue weighted by molar-refractivity contribution is 6.31. The molecule has 1 aliphatic rings. The lowest BCUT2D eigenvalue weighted by Crippen LogP contribution is -2.41. The van der Waals surface area contributed by atoms with Gasteiger partial charge in [0.2, 0.25) is 11.8 Å². The monoisotopic (exact) mass is 399 g/mol. The second-order valence-corrected chi connectivity index (χ2v) is 8.15. The third-order valence-corrected chi connectivity index (χ3v) is 5.57. The minimum Gasteiger partial charge on any atom is -0.372 e. The van der Waals surface area contributed by atoms with Crippen LogP contribution in [0.25, 0.3) is 0 Å². The molecule has 2 aromatic rings. The van der Waals surface area contributed by atoms with Gasteiger partial charge in [0, 0.05) is 35.2 Å². The molecule has 0 bridgehead atoms. The van der Waals surface area contributed by atoms with Crippen LogP contribution < -0.4 is 15.5 Å². The molecule has 0 radical (unpaired) electrons. The van der Waals surface area contributed by atoms with Crippen LogP contribution in [0.2, 0.25) is 5.02 Å². The van der Waals surface area contributed by atoms with Crippen LogP contribution in [-0.2, 0) is 9.59 Å². The Morgan fingerprint density at radius 2 is 1.46 bits per heavy atom. The van der Waals surface area contributed by atoms with Crippen LogP contribution in [0.3, 0.4) is 0 Å². The second-order valence-electron chi connectivity index (χ2n) is 7.74. The number of carbonyl (C=O) groups excluding carboxylic acids is 2. The first-order valence-electron chi connectivity index (χ1n) is 9.51. The molecule has 1 saturated heterocycles. The van der Waals surface area contributed by atoms with E-state index in [-0.39, 0.29) is 5.91 Å². The molecule has 1 heterocycles. The Morgan fingerprint density at radius 3 is 2.04 bits per heavy atom. The van der Waals surface area contributed by atoms with Gasteiger partial charge in [-0.2, -0.15) is 0 Å². The first-order valence-corrected chi connectivity index (χ1v) is 9.89. The van der Waals surface area contributed by atoms with E-state index in [0.717, 1.165) is 24.3 Å². The topological polar surface area (TPSA) is 61.4 Å². The van der Waals surface area contributed by atoms with Gasteiger partial charge in [-0.05, 0) is 75.6 Å². The molecule has 0 atom stereocenters. The molecule has 148 valence electrons. The van der Waals surface area contributed by atoms with Crippen LogP contribution in [-0.4, -0.2) is 24.9 Å². The van der Waals surface area contributed by atoms with E-state index in [9.17, 15) is 9.59 Å². The van der Waals surface area contributed by atoms with Gasteiger partial charge in [-0.1, -0.05) is 17.7 Å². The lowest BCUT2D eigenvalue weighted by atomic mass is 9.90. The number of nitrogens with zero attached hydrogens (tertiary/aromatic N) is 1. The van der Waals surface area contributed by atoms with Gasteiger partial charge in [0.05, 0.1) is 0 Å². The van der Waals surface area contributed by atoms with Crippen molar-refractivity contribution in [3.8, 4) is 0 Å². The largest absolute Gasteiger partial charge is 0.372 e. The number of halogens is 1. The van der Waals surface area contributed by atoms with Crippen LogP contribution in [0.4, 0.5) is 17.1 Å². The zero-order valence-corrected chi connectivity index (χ0v) is 17.3. The molecule has 0 aromatic heterocycles. The number of benzene rings is 2. The maximum absolute atomic E-state index is 12.7. The van der Waals surface area contributed by atoms with Crippen LogP contribution >= 0.6 is 11.6 Å². The predicted octanol–water partition coefficient (Wildman–Crippen LogP) is 4.85. The third-order valence-electron chi connectivity index (χ3n) is 5.16. The molecule has 2 amide bonds. The summed E-state index contributed by atoms with van der Waals surface area (Å²) in [7, 11) is 0. The average molecular weight is 400 g/mol. The molecule has 0 unspecified atom stereocenters. The van der Waals surface area contributed by atoms with Gasteiger partial charge in [-0.15, -0.1) is 0 Å². The van der Waals surface area contributed by atoms with E-state index >= 15 is 0 Å². The molecule has 3 rings (SSSR count). The quantitative estimate of drug-likeness (QED) is 0.706. The summed E-state index contributed by atoms with van der Waals surface area (Å²) in [4.78, 5) is 27.7. The van der Waals surface area contributed by atoms with E-state index in [2.05, 4.69) is 15.5 Å². The molecule has 1 aliphatic heterocycles. The molecule has 0 saturated carbocycles. The summed E-state index contributed by atoms with van der Waals surface area (Å²) in [6.07, 6.45) is 2.43. The van der Waals surface area contributed by atoms with Gasteiger partial charge in [0.1, 0.15) is 5.41 Å². The van der Waals surface area contributed by atoms with Crippen molar-refractivity contribution in [2.24, 2.45) is 5.41 Å². The fraction of sp³-hybridized carbons (Fsp3) is 0.364. The van der Waals surface area contributed by atoms with Crippen molar-refractivity contribution in [2.75, 3.05) is 28.6 Å². The van der Waals surface area contributed by atoms with Crippen molar-refractivity contribution in [3.63, 3.8) is 0 Å². The number of rotatable bonds is 5.